The molecular formula is C20H28N6O6. The molecule has 32 heavy (non-hydrogen) atoms. The molecule has 1 amide bonds. The van der Waals surface area contributed by atoms with Crippen LogP contribution >= 0.6 is 0 Å². The number of nitrogens with one attached hydrogen (secondary N) is 2. The summed E-state index contributed by atoms with van der Waals surface area (Å²) in [4.78, 5) is 48.2. The van der Waals surface area contributed by atoms with Gasteiger partial charge in [-0.2, -0.15) is 9.97 Å². The summed E-state index contributed by atoms with van der Waals surface area (Å²) in [7, 11) is 1.68. The number of imidazole rings is 1. The zero-order valence-corrected chi connectivity index (χ0v) is 18.9. The molecule has 12 nitrogen and oxygen atoms in total. The van der Waals surface area contributed by atoms with Crippen LogP contribution < -0.4 is 10.6 Å². The van der Waals surface area contributed by atoms with Gasteiger partial charge in [-0.1, -0.05) is 20.8 Å². The van der Waals surface area contributed by atoms with E-state index in [0.29, 0.717) is 17.0 Å². The lowest BCUT2D eigenvalue weighted by Gasteiger charge is -2.21. The summed E-state index contributed by atoms with van der Waals surface area (Å²) in [5, 5.41) is 5.51. The molecule has 0 bridgehead atoms. The Labute approximate surface area is 185 Å². The van der Waals surface area contributed by atoms with Crippen LogP contribution in [0.5, 0.6) is 0 Å². The summed E-state index contributed by atoms with van der Waals surface area (Å²) >= 11 is 0. The SMILES string of the molecule is CNc1nc(NC(C)=O)nc2c1ncn2[C@@H]1O[C@H](COC(=O)C(C)C)C(OC(C)=O)[C@@H]1C. The lowest BCUT2D eigenvalue weighted by atomic mass is 10.0. The smallest absolute Gasteiger partial charge is 0.308 e. The molecule has 4 atom stereocenters. The lowest BCUT2D eigenvalue weighted by Crippen LogP contribution is -2.35. The Kier molecular flexibility index (Phi) is 6.92. The van der Waals surface area contributed by atoms with Crippen LogP contribution in [0.3, 0.4) is 0 Å². The van der Waals surface area contributed by atoms with Crippen LogP contribution in [0.1, 0.15) is 40.8 Å². The van der Waals surface area contributed by atoms with Crippen molar-refractivity contribution in [2.45, 2.75) is 53.1 Å². The van der Waals surface area contributed by atoms with E-state index in [0.717, 1.165) is 0 Å². The quantitative estimate of drug-likeness (QED) is 0.597. The number of rotatable bonds is 7. The second-order valence-electron chi connectivity index (χ2n) is 7.93. The summed E-state index contributed by atoms with van der Waals surface area (Å²) in [5.74, 6) is -1.21. The van der Waals surface area contributed by atoms with Gasteiger partial charge < -0.3 is 19.5 Å². The molecule has 12 heteroatoms. The van der Waals surface area contributed by atoms with Crippen LogP contribution in [0.25, 0.3) is 11.2 Å². The molecule has 2 N–H and O–H groups in total. The summed E-state index contributed by atoms with van der Waals surface area (Å²) < 4.78 is 18.7. The Morgan fingerprint density at radius 2 is 1.97 bits per heavy atom. The second kappa shape index (κ2) is 9.47. The minimum Gasteiger partial charge on any atom is -0.463 e. The van der Waals surface area contributed by atoms with E-state index in [-0.39, 0.29) is 36.3 Å². The third-order valence-electron chi connectivity index (χ3n) is 5.03. The molecule has 1 saturated heterocycles. The van der Waals surface area contributed by atoms with Gasteiger partial charge in [0, 0.05) is 26.8 Å². The highest BCUT2D eigenvalue weighted by Crippen LogP contribution is 2.38. The normalized spacial score (nSPS) is 22.7. The number of anilines is 2. The molecule has 3 heterocycles. The van der Waals surface area contributed by atoms with Crippen LogP contribution in [0.4, 0.5) is 11.8 Å². The number of carbonyl (C=O) groups is 3. The number of carbonyl (C=O) groups excluding carboxylic acids is 3. The van der Waals surface area contributed by atoms with E-state index in [1.807, 2.05) is 6.92 Å². The van der Waals surface area contributed by atoms with Crippen molar-refractivity contribution < 1.29 is 28.6 Å². The number of fused-ring (bicyclic) bond motifs is 1. The topological polar surface area (TPSA) is 147 Å². The fraction of sp³-hybridized carbons (Fsp3) is 0.600. The van der Waals surface area contributed by atoms with E-state index < -0.39 is 24.4 Å². The zero-order valence-electron chi connectivity index (χ0n) is 18.9. The molecule has 0 aliphatic carbocycles. The number of hydrogen-bond donors (Lipinski definition) is 2. The van der Waals surface area contributed by atoms with Gasteiger partial charge in [-0.25, -0.2) is 4.98 Å². The molecule has 1 unspecified atom stereocenters. The second-order valence-corrected chi connectivity index (χ2v) is 7.93. The molecule has 1 aliphatic heterocycles. The van der Waals surface area contributed by atoms with Crippen molar-refractivity contribution in [2.75, 3.05) is 24.3 Å². The fourth-order valence-corrected chi connectivity index (χ4v) is 3.53. The molecule has 0 spiro atoms. The number of aromatic nitrogens is 4. The molecule has 0 saturated carbocycles. The maximum atomic E-state index is 11.9. The molecule has 3 rings (SSSR count). The molecule has 0 aromatic carbocycles. The third kappa shape index (κ3) is 4.79. The molecule has 174 valence electrons. The first-order valence-corrected chi connectivity index (χ1v) is 10.3. The monoisotopic (exact) mass is 448 g/mol. The van der Waals surface area contributed by atoms with E-state index in [1.165, 1.54) is 13.8 Å². The maximum Gasteiger partial charge on any atom is 0.308 e. The molecular weight excluding hydrogens is 420 g/mol. The Balaban J connectivity index is 1.95. The number of ether oxygens (including phenoxy) is 3. The first-order valence-electron chi connectivity index (χ1n) is 10.3. The molecule has 1 aliphatic rings. The van der Waals surface area contributed by atoms with Gasteiger partial charge in [0.05, 0.1) is 12.2 Å². The van der Waals surface area contributed by atoms with E-state index in [2.05, 4.69) is 25.6 Å². The van der Waals surface area contributed by atoms with Crippen LogP contribution in [0.2, 0.25) is 0 Å². The van der Waals surface area contributed by atoms with Gasteiger partial charge >= 0.3 is 11.9 Å². The summed E-state index contributed by atoms with van der Waals surface area (Å²) in [6.07, 6.45) is -0.377. The van der Waals surface area contributed by atoms with Crippen molar-refractivity contribution >= 4 is 40.8 Å². The highest BCUT2D eigenvalue weighted by Gasteiger charge is 2.46. The van der Waals surface area contributed by atoms with Gasteiger partial charge in [0.25, 0.3) is 0 Å². The Morgan fingerprint density at radius 3 is 2.56 bits per heavy atom. The molecule has 0 radical (unpaired) electrons. The Morgan fingerprint density at radius 1 is 1.25 bits per heavy atom. The largest absolute Gasteiger partial charge is 0.463 e. The average Bonchev–Trinajstić information content (AvgIpc) is 3.26. The molecule has 2 aromatic heterocycles. The number of hydrogen-bond acceptors (Lipinski definition) is 10. The number of nitrogens with zero attached hydrogens (tertiary/aromatic N) is 4. The first kappa shape index (κ1) is 23.4. The van der Waals surface area contributed by atoms with Crippen LogP contribution in [-0.2, 0) is 28.6 Å². The lowest BCUT2D eigenvalue weighted by molar-refractivity contribution is -0.159. The number of esters is 2. The third-order valence-corrected chi connectivity index (χ3v) is 5.03. The predicted molar refractivity (Wildman–Crippen MR) is 114 cm³/mol. The highest BCUT2D eigenvalue weighted by molar-refractivity contribution is 5.90. The Hall–Kier alpha value is -3.28. The predicted octanol–water partition coefficient (Wildman–Crippen LogP) is 1.49. The average molecular weight is 448 g/mol. The minimum absolute atomic E-state index is 0.0592. The maximum absolute atomic E-state index is 11.9. The van der Waals surface area contributed by atoms with E-state index in [4.69, 9.17) is 14.2 Å². The standard InChI is InChI=1S/C20H28N6O6/c1-9(2)19(29)30-7-13-15(31-12(5)28)10(3)18(32-13)26-8-22-14-16(21-6)24-20(23-11(4)27)25-17(14)26/h8-10,13,15,18H,7H2,1-6H3,(H2,21,23,24,25,27)/t10-,13+,15?,18+/m0/s1. The van der Waals surface area contributed by atoms with Gasteiger partial charge in [0.1, 0.15) is 25.0 Å². The molecule has 2 aromatic rings. The van der Waals surface area contributed by atoms with Crippen molar-refractivity contribution in [2.24, 2.45) is 11.8 Å². The molecule has 1 fully saturated rings. The zero-order chi connectivity index (χ0) is 23.6. The van der Waals surface area contributed by atoms with Crippen molar-refractivity contribution in [1.29, 1.82) is 0 Å². The number of amides is 1. The van der Waals surface area contributed by atoms with E-state index >= 15 is 0 Å². The van der Waals surface area contributed by atoms with Crippen LogP contribution in [0.15, 0.2) is 6.33 Å². The van der Waals surface area contributed by atoms with Crippen molar-refractivity contribution in [3.05, 3.63) is 6.33 Å². The minimum atomic E-state index is -0.667. The van der Waals surface area contributed by atoms with E-state index in [9.17, 15) is 14.4 Å². The Bertz CT molecular complexity index is 1020. The van der Waals surface area contributed by atoms with Crippen molar-refractivity contribution in [3.63, 3.8) is 0 Å². The summed E-state index contributed by atoms with van der Waals surface area (Å²) in [6.45, 7) is 7.95. The van der Waals surface area contributed by atoms with Crippen molar-refractivity contribution in [3.8, 4) is 0 Å². The van der Waals surface area contributed by atoms with E-state index in [1.54, 1.807) is 31.8 Å². The van der Waals surface area contributed by atoms with Crippen LogP contribution in [-0.4, -0.2) is 63.2 Å². The first-order chi connectivity index (χ1) is 15.1. The highest BCUT2D eigenvalue weighted by atomic mass is 16.6. The summed E-state index contributed by atoms with van der Waals surface area (Å²) in [5.41, 5.74) is 0.905. The van der Waals surface area contributed by atoms with Crippen molar-refractivity contribution in [1.82, 2.24) is 19.5 Å². The van der Waals surface area contributed by atoms with Crippen LogP contribution in [0, 0.1) is 11.8 Å². The fourth-order valence-electron chi connectivity index (χ4n) is 3.53. The van der Waals surface area contributed by atoms with Gasteiger partial charge in [-0.05, 0) is 0 Å². The van der Waals surface area contributed by atoms with Gasteiger partial charge in [0.2, 0.25) is 11.9 Å². The van der Waals surface area contributed by atoms with Gasteiger partial charge in [-0.15, -0.1) is 0 Å². The summed E-state index contributed by atoms with van der Waals surface area (Å²) in [6, 6.07) is 0. The van der Waals surface area contributed by atoms with Gasteiger partial charge in [0.15, 0.2) is 17.0 Å². The van der Waals surface area contributed by atoms with Gasteiger partial charge in [-0.3, -0.25) is 24.3 Å².